The number of benzene rings is 2. The van der Waals surface area contributed by atoms with Gasteiger partial charge in [0.1, 0.15) is 6.61 Å². The van der Waals surface area contributed by atoms with Crippen molar-refractivity contribution in [2.45, 2.75) is 46.3 Å². The second-order valence-electron chi connectivity index (χ2n) is 7.58. The largest absolute Gasteiger partial charge is 0.493 e. The number of urea groups is 1. The van der Waals surface area contributed by atoms with Crippen LogP contribution in [0.1, 0.15) is 49.4 Å². The van der Waals surface area contributed by atoms with E-state index in [1.165, 1.54) is 5.56 Å². The molecule has 0 aromatic heterocycles. The molecule has 0 fully saturated rings. The van der Waals surface area contributed by atoms with E-state index < -0.39 is 12.0 Å². The molecular formula is C25H30N2O5. The first-order valence-electron chi connectivity index (χ1n) is 10.8. The Hall–Kier alpha value is -3.48. The lowest BCUT2D eigenvalue weighted by Crippen LogP contribution is -2.46. The van der Waals surface area contributed by atoms with E-state index in [1.807, 2.05) is 44.2 Å². The van der Waals surface area contributed by atoms with Crippen LogP contribution in [0.2, 0.25) is 0 Å². The average molecular weight is 439 g/mol. The van der Waals surface area contributed by atoms with Gasteiger partial charge in [0.25, 0.3) is 0 Å². The summed E-state index contributed by atoms with van der Waals surface area (Å²) < 4.78 is 16.8. The molecule has 2 amide bonds. The number of carbonyl (C=O) groups excluding carboxylic acids is 2. The van der Waals surface area contributed by atoms with Crippen molar-refractivity contribution in [3.63, 3.8) is 0 Å². The second-order valence-corrected chi connectivity index (χ2v) is 7.58. The van der Waals surface area contributed by atoms with Gasteiger partial charge >= 0.3 is 12.0 Å². The summed E-state index contributed by atoms with van der Waals surface area (Å²) in [5.74, 6) is 0.641. The molecule has 0 saturated heterocycles. The van der Waals surface area contributed by atoms with Gasteiger partial charge in [0.05, 0.1) is 25.3 Å². The molecule has 0 saturated carbocycles. The van der Waals surface area contributed by atoms with Gasteiger partial charge in [0.2, 0.25) is 0 Å². The van der Waals surface area contributed by atoms with Gasteiger partial charge in [-0.15, -0.1) is 0 Å². The first-order chi connectivity index (χ1) is 15.5. The van der Waals surface area contributed by atoms with Crippen LogP contribution in [0.3, 0.4) is 0 Å². The molecule has 1 atom stereocenters. The molecular weight excluding hydrogens is 408 g/mol. The Labute approximate surface area is 188 Å². The van der Waals surface area contributed by atoms with E-state index in [-0.39, 0.29) is 12.6 Å². The Bertz CT molecular complexity index is 998. The van der Waals surface area contributed by atoms with Crippen molar-refractivity contribution in [3.05, 3.63) is 70.4 Å². The summed E-state index contributed by atoms with van der Waals surface area (Å²) in [7, 11) is 1.56. The van der Waals surface area contributed by atoms with E-state index >= 15 is 0 Å². The molecule has 1 aliphatic rings. The van der Waals surface area contributed by atoms with Crippen LogP contribution in [0.4, 0.5) is 4.79 Å². The summed E-state index contributed by atoms with van der Waals surface area (Å²) >= 11 is 0. The highest BCUT2D eigenvalue weighted by Gasteiger charge is 2.33. The lowest BCUT2D eigenvalue weighted by molar-refractivity contribution is -0.139. The lowest BCUT2D eigenvalue weighted by atomic mass is 9.93. The van der Waals surface area contributed by atoms with Crippen LogP contribution in [0.15, 0.2) is 53.7 Å². The van der Waals surface area contributed by atoms with Crippen molar-refractivity contribution < 1.29 is 23.8 Å². The maximum atomic E-state index is 12.8. The molecule has 7 heteroatoms. The minimum absolute atomic E-state index is 0.248. The number of hydrogen-bond acceptors (Lipinski definition) is 5. The molecule has 170 valence electrons. The molecule has 2 aromatic rings. The number of methoxy groups -OCH3 is 1. The smallest absolute Gasteiger partial charge is 0.338 e. The van der Waals surface area contributed by atoms with Gasteiger partial charge in [-0.1, -0.05) is 49.2 Å². The van der Waals surface area contributed by atoms with E-state index in [9.17, 15) is 9.59 Å². The number of aryl methyl sites for hydroxylation is 1. The zero-order chi connectivity index (χ0) is 23.1. The summed E-state index contributed by atoms with van der Waals surface area (Å²) in [5, 5.41) is 5.60. The number of hydrogen-bond donors (Lipinski definition) is 2. The van der Waals surface area contributed by atoms with Crippen LogP contribution in [-0.4, -0.2) is 25.7 Å². The van der Waals surface area contributed by atoms with Crippen LogP contribution in [-0.2, 0) is 16.1 Å². The average Bonchev–Trinajstić information content (AvgIpc) is 2.78. The van der Waals surface area contributed by atoms with Crippen molar-refractivity contribution >= 4 is 12.0 Å². The monoisotopic (exact) mass is 438 g/mol. The summed E-state index contributed by atoms with van der Waals surface area (Å²) in [6.45, 7) is 6.43. The van der Waals surface area contributed by atoms with Crippen molar-refractivity contribution in [2.24, 2.45) is 0 Å². The quantitative estimate of drug-likeness (QED) is 0.561. The van der Waals surface area contributed by atoms with Gasteiger partial charge in [0, 0.05) is 5.70 Å². The van der Waals surface area contributed by atoms with Crippen LogP contribution in [0, 0.1) is 6.92 Å². The molecule has 3 rings (SSSR count). The van der Waals surface area contributed by atoms with Crippen LogP contribution < -0.4 is 20.1 Å². The zero-order valence-electron chi connectivity index (χ0n) is 19.0. The molecule has 0 radical (unpaired) electrons. The highest BCUT2D eigenvalue weighted by Crippen LogP contribution is 2.35. The number of allylic oxidation sites excluding steroid dienone is 1. The van der Waals surface area contributed by atoms with Gasteiger partial charge in [-0.25, -0.2) is 9.59 Å². The second kappa shape index (κ2) is 10.7. The highest BCUT2D eigenvalue weighted by atomic mass is 16.5. The van der Waals surface area contributed by atoms with Crippen LogP contribution in [0.5, 0.6) is 11.5 Å². The summed E-state index contributed by atoms with van der Waals surface area (Å²) in [6.07, 6.45) is 1.34. The Morgan fingerprint density at radius 3 is 2.47 bits per heavy atom. The summed E-state index contributed by atoms with van der Waals surface area (Å²) in [5.41, 5.74) is 3.93. The first-order valence-corrected chi connectivity index (χ1v) is 10.8. The molecule has 1 heterocycles. The SMILES string of the molecule is CCCC1=C(C(=O)OCC)C(c2ccc(OCc3ccc(C)cc3)c(OC)c2)NC(=O)N1. The molecule has 7 nitrogen and oxygen atoms in total. The predicted molar refractivity (Wildman–Crippen MR) is 121 cm³/mol. The molecule has 2 N–H and O–H groups in total. The Morgan fingerprint density at radius 1 is 1.06 bits per heavy atom. The molecule has 2 aromatic carbocycles. The minimum atomic E-state index is -0.649. The molecule has 1 unspecified atom stereocenters. The third-order valence-electron chi connectivity index (χ3n) is 5.18. The van der Waals surface area contributed by atoms with E-state index in [1.54, 1.807) is 26.2 Å². The number of esters is 1. The fraction of sp³-hybridized carbons (Fsp3) is 0.360. The summed E-state index contributed by atoms with van der Waals surface area (Å²) in [6, 6.07) is 12.5. The van der Waals surface area contributed by atoms with Crippen LogP contribution >= 0.6 is 0 Å². The van der Waals surface area contributed by atoms with Crippen molar-refractivity contribution in [1.82, 2.24) is 10.6 Å². The Kier molecular flexibility index (Phi) is 7.76. The number of amides is 2. The molecule has 1 aliphatic heterocycles. The minimum Gasteiger partial charge on any atom is -0.493 e. The van der Waals surface area contributed by atoms with Gasteiger partial charge in [-0.2, -0.15) is 0 Å². The van der Waals surface area contributed by atoms with E-state index in [2.05, 4.69) is 10.6 Å². The fourth-order valence-electron chi connectivity index (χ4n) is 3.59. The molecule has 0 aliphatic carbocycles. The third kappa shape index (κ3) is 5.41. The van der Waals surface area contributed by atoms with Gasteiger partial charge in [0.15, 0.2) is 11.5 Å². The van der Waals surface area contributed by atoms with Gasteiger partial charge < -0.3 is 24.8 Å². The first kappa shape index (κ1) is 23.2. The summed E-state index contributed by atoms with van der Waals surface area (Å²) in [4.78, 5) is 25.0. The number of rotatable bonds is 9. The number of ether oxygens (including phenoxy) is 3. The topological polar surface area (TPSA) is 85.9 Å². The standard InChI is InChI=1S/C25H30N2O5/c1-5-7-19-22(24(28)31-6-2)23(27-25(29)26-19)18-12-13-20(21(14-18)30-4)32-15-17-10-8-16(3)9-11-17/h8-14,23H,5-7,15H2,1-4H3,(H2,26,27,29). The lowest BCUT2D eigenvalue weighted by Gasteiger charge is -2.29. The zero-order valence-corrected chi connectivity index (χ0v) is 19.0. The Morgan fingerprint density at radius 2 is 1.81 bits per heavy atom. The third-order valence-corrected chi connectivity index (χ3v) is 5.18. The molecule has 0 spiro atoms. The molecule has 0 bridgehead atoms. The number of carbonyl (C=O) groups is 2. The Balaban J connectivity index is 1.90. The van der Waals surface area contributed by atoms with Crippen molar-refractivity contribution in [3.8, 4) is 11.5 Å². The maximum absolute atomic E-state index is 12.8. The van der Waals surface area contributed by atoms with Gasteiger partial charge in [-0.3, -0.25) is 0 Å². The highest BCUT2D eigenvalue weighted by molar-refractivity contribution is 5.95. The molecule has 32 heavy (non-hydrogen) atoms. The van der Waals surface area contributed by atoms with E-state index in [0.29, 0.717) is 41.4 Å². The van der Waals surface area contributed by atoms with Crippen LogP contribution in [0.25, 0.3) is 0 Å². The predicted octanol–water partition coefficient (Wildman–Crippen LogP) is 4.55. The van der Waals surface area contributed by atoms with E-state index in [0.717, 1.165) is 12.0 Å². The normalized spacial score (nSPS) is 15.6. The maximum Gasteiger partial charge on any atom is 0.338 e. The van der Waals surface area contributed by atoms with E-state index in [4.69, 9.17) is 14.2 Å². The van der Waals surface area contributed by atoms with Gasteiger partial charge in [-0.05, 0) is 43.5 Å². The fourth-order valence-corrected chi connectivity index (χ4v) is 3.59. The van der Waals surface area contributed by atoms with Crippen molar-refractivity contribution in [2.75, 3.05) is 13.7 Å². The van der Waals surface area contributed by atoms with Crippen molar-refractivity contribution in [1.29, 1.82) is 0 Å². The number of nitrogens with one attached hydrogen (secondary N) is 2.